The number of carbonyl (C=O) groups is 2. The molecule has 10 rings (SSSR count). The Morgan fingerprint density at radius 2 is 0.855 bits per heavy atom. The molecular formula is C52H50F6N8O8S2. The van der Waals surface area contributed by atoms with Gasteiger partial charge in [0.2, 0.25) is 0 Å². The molecule has 4 aromatic heterocycles. The van der Waals surface area contributed by atoms with Crippen LogP contribution >= 0.6 is 0 Å². The van der Waals surface area contributed by atoms with Crippen LogP contribution in [0.3, 0.4) is 0 Å². The van der Waals surface area contributed by atoms with Crippen molar-refractivity contribution in [3.63, 3.8) is 0 Å². The summed E-state index contributed by atoms with van der Waals surface area (Å²) in [6.07, 6.45) is -4.28. The van der Waals surface area contributed by atoms with Crippen LogP contribution in [0.25, 0.3) is 22.5 Å². The predicted octanol–water partition coefficient (Wildman–Crippen LogP) is 10.4. The standard InChI is InChI=1S/2C26H25F3N4O4S/c2*1-14-5-2-3-6-17(14)24-18(26(27,28)29)11-12-20(32-24)33-38(36,37)21-8-4-7-19(30-21)31-23-16-10-9-15(13-16)22(23)25(34)35/h2*2-8,11-12,15-16,22-23H,9-10,13H2,1H3,(H,30,31)(H,32,33)(H,34,35)/t2*15-,16+,22-,23+/m10/s1. The first-order valence-electron chi connectivity index (χ1n) is 24.1. The van der Waals surface area contributed by atoms with Crippen molar-refractivity contribution in [1.82, 2.24) is 19.9 Å². The van der Waals surface area contributed by atoms with Crippen LogP contribution in [0, 0.1) is 49.4 Å². The Kier molecular flexibility index (Phi) is 14.5. The Bertz CT molecular complexity index is 3220. The number of fused-ring (bicyclic) bond motifs is 4. The van der Waals surface area contributed by atoms with Crippen LogP contribution in [-0.2, 0) is 42.0 Å². The first-order chi connectivity index (χ1) is 35.9. The maximum Gasteiger partial charge on any atom is 0.418 e. The SMILES string of the molecule is Cc1ccccc1-c1nc(NS(=O)(=O)c2cccc(N[C@@H]3[C@@H]4CC[C@@H](C4)[C@@H]3C(=O)O)n2)ccc1C(F)(F)F.Cc1ccccc1-c1nc(NS(=O)(=O)c2cccc(N[C@H]3[C@H]4CC[C@H](C4)[C@H]3C(=O)O)n2)ccc1C(F)(F)F. The van der Waals surface area contributed by atoms with Crippen molar-refractivity contribution in [3.8, 4) is 22.5 Å². The Balaban J connectivity index is 0.000000186. The quantitative estimate of drug-likeness (QED) is 0.0556. The molecule has 6 N–H and O–H groups in total. The topological polar surface area (TPSA) is 243 Å². The molecule has 4 aliphatic carbocycles. The van der Waals surface area contributed by atoms with Crippen LogP contribution in [0.4, 0.5) is 49.6 Å². The summed E-state index contributed by atoms with van der Waals surface area (Å²) in [6, 6.07) is 24.1. The summed E-state index contributed by atoms with van der Waals surface area (Å²) >= 11 is 0. The Labute approximate surface area is 433 Å². The molecule has 8 atom stereocenters. The molecule has 400 valence electrons. The van der Waals surface area contributed by atoms with Gasteiger partial charge in [-0.3, -0.25) is 19.0 Å². The van der Waals surface area contributed by atoms with Gasteiger partial charge in [0.1, 0.15) is 23.3 Å². The summed E-state index contributed by atoms with van der Waals surface area (Å²) in [4.78, 5) is 40.0. The molecule has 0 spiro atoms. The summed E-state index contributed by atoms with van der Waals surface area (Å²) in [7, 11) is -8.66. The predicted molar refractivity (Wildman–Crippen MR) is 268 cm³/mol. The third kappa shape index (κ3) is 11.1. The monoisotopic (exact) mass is 1090 g/mol. The summed E-state index contributed by atoms with van der Waals surface area (Å²) < 4.78 is 139. The van der Waals surface area contributed by atoms with Crippen molar-refractivity contribution < 1.29 is 63.0 Å². The third-order valence-corrected chi connectivity index (χ3v) is 17.2. The first-order valence-corrected chi connectivity index (χ1v) is 27.1. The van der Waals surface area contributed by atoms with Gasteiger partial charge in [0, 0.05) is 23.2 Å². The number of aromatic nitrogens is 4. The maximum absolute atomic E-state index is 13.7. The molecule has 16 nitrogen and oxygen atoms in total. The zero-order valence-corrected chi connectivity index (χ0v) is 42.1. The highest BCUT2D eigenvalue weighted by atomic mass is 32.2. The second-order valence-electron chi connectivity index (χ2n) is 19.5. The van der Waals surface area contributed by atoms with Crippen LogP contribution in [0.15, 0.2) is 119 Å². The molecule has 0 amide bonds. The minimum atomic E-state index is -4.70. The Hall–Kier alpha value is -7.34. The van der Waals surface area contributed by atoms with E-state index < -0.39 is 78.7 Å². The largest absolute Gasteiger partial charge is 0.481 e. The van der Waals surface area contributed by atoms with Gasteiger partial charge in [-0.2, -0.15) is 43.2 Å². The zero-order valence-electron chi connectivity index (χ0n) is 40.5. The molecule has 24 heteroatoms. The first kappa shape index (κ1) is 53.5. The fourth-order valence-corrected chi connectivity index (χ4v) is 13.2. The number of pyridine rings is 4. The summed E-state index contributed by atoms with van der Waals surface area (Å²) in [5, 5.41) is 24.8. The van der Waals surface area contributed by atoms with Crippen molar-refractivity contribution >= 4 is 55.3 Å². The fourth-order valence-electron chi connectivity index (χ4n) is 11.3. The van der Waals surface area contributed by atoms with Crippen molar-refractivity contribution in [2.45, 2.75) is 86.9 Å². The van der Waals surface area contributed by atoms with E-state index in [0.717, 1.165) is 62.8 Å². The number of carboxylic acid groups (broad SMARTS) is 2. The van der Waals surface area contributed by atoms with E-state index in [1.165, 1.54) is 36.4 Å². The van der Waals surface area contributed by atoms with Gasteiger partial charge in [-0.1, -0.05) is 60.7 Å². The van der Waals surface area contributed by atoms with E-state index in [1.807, 2.05) is 0 Å². The normalized spacial score (nSPS) is 22.8. The van der Waals surface area contributed by atoms with Crippen LogP contribution in [0.2, 0.25) is 0 Å². The molecule has 0 aliphatic heterocycles. The number of carboxylic acids is 2. The van der Waals surface area contributed by atoms with E-state index in [1.54, 1.807) is 62.4 Å². The molecule has 4 bridgehead atoms. The average molecular weight is 1090 g/mol. The number of sulfonamides is 2. The highest BCUT2D eigenvalue weighted by Crippen LogP contribution is 2.51. The number of rotatable bonds is 14. The third-order valence-electron chi connectivity index (χ3n) is 14.7. The Morgan fingerprint density at radius 1 is 0.487 bits per heavy atom. The average Bonchev–Trinajstić information content (AvgIpc) is 4.18. The van der Waals surface area contributed by atoms with E-state index >= 15 is 0 Å². The minimum Gasteiger partial charge on any atom is -0.481 e. The van der Waals surface area contributed by atoms with Crippen molar-refractivity contribution in [2.75, 3.05) is 20.1 Å². The molecule has 76 heavy (non-hydrogen) atoms. The van der Waals surface area contributed by atoms with Gasteiger partial charge in [0.15, 0.2) is 10.1 Å². The fraction of sp³-hybridized carbons (Fsp3) is 0.346. The molecule has 4 heterocycles. The second kappa shape index (κ2) is 20.7. The van der Waals surface area contributed by atoms with Crippen molar-refractivity contribution in [2.24, 2.45) is 35.5 Å². The van der Waals surface area contributed by atoms with Crippen LogP contribution < -0.4 is 20.1 Å². The number of nitrogens with zero attached hydrogens (tertiary/aromatic N) is 4. The number of anilines is 4. The van der Waals surface area contributed by atoms with E-state index in [2.05, 4.69) is 40.0 Å². The zero-order chi connectivity index (χ0) is 54.5. The molecule has 6 aromatic rings. The molecular weight excluding hydrogens is 1040 g/mol. The number of nitrogens with one attached hydrogen (secondary N) is 4. The van der Waals surface area contributed by atoms with Crippen LogP contribution in [-0.4, -0.2) is 71.0 Å². The van der Waals surface area contributed by atoms with Crippen molar-refractivity contribution in [3.05, 3.63) is 131 Å². The number of aryl methyl sites for hydroxylation is 2. The Morgan fingerprint density at radius 3 is 1.21 bits per heavy atom. The van der Waals surface area contributed by atoms with E-state index in [0.29, 0.717) is 11.1 Å². The van der Waals surface area contributed by atoms with Crippen LogP contribution in [0.5, 0.6) is 0 Å². The maximum atomic E-state index is 13.7. The number of alkyl halides is 6. The summed E-state index contributed by atoms with van der Waals surface area (Å²) in [5.41, 5.74) is -1.22. The van der Waals surface area contributed by atoms with E-state index in [-0.39, 0.29) is 80.2 Å². The highest BCUT2D eigenvalue weighted by Gasteiger charge is 2.52. The van der Waals surface area contributed by atoms with E-state index in [9.17, 15) is 63.0 Å². The highest BCUT2D eigenvalue weighted by molar-refractivity contribution is 7.93. The number of hydrogen-bond acceptors (Lipinski definition) is 12. The van der Waals surface area contributed by atoms with Crippen molar-refractivity contribution in [1.29, 1.82) is 0 Å². The molecule has 4 saturated carbocycles. The number of halogens is 6. The molecule has 0 radical (unpaired) electrons. The van der Waals surface area contributed by atoms with Gasteiger partial charge in [-0.05, 0) is 136 Å². The number of aliphatic carboxylic acids is 2. The van der Waals surface area contributed by atoms with E-state index in [4.69, 9.17) is 0 Å². The van der Waals surface area contributed by atoms with Gasteiger partial charge in [0.05, 0.1) is 34.4 Å². The van der Waals surface area contributed by atoms with Crippen LogP contribution in [0.1, 0.15) is 60.8 Å². The molecule has 4 fully saturated rings. The summed E-state index contributed by atoms with van der Waals surface area (Å²) in [6.45, 7) is 3.28. The smallest absolute Gasteiger partial charge is 0.418 e. The molecule has 0 unspecified atom stereocenters. The lowest BCUT2D eigenvalue weighted by Gasteiger charge is -2.29. The molecule has 2 aromatic carbocycles. The lowest BCUT2D eigenvalue weighted by Crippen LogP contribution is -2.39. The molecule has 4 aliphatic rings. The molecule has 0 saturated heterocycles. The number of hydrogen-bond donors (Lipinski definition) is 6. The lowest BCUT2D eigenvalue weighted by molar-refractivity contribution is -0.144. The minimum absolute atomic E-state index is 0.0803. The second-order valence-corrected chi connectivity index (χ2v) is 22.7. The summed E-state index contributed by atoms with van der Waals surface area (Å²) in [5.74, 6) is -2.63. The van der Waals surface area contributed by atoms with Gasteiger partial charge in [0.25, 0.3) is 20.0 Å². The van der Waals surface area contributed by atoms with Gasteiger partial charge < -0.3 is 20.8 Å². The van der Waals surface area contributed by atoms with Gasteiger partial charge in [-0.15, -0.1) is 0 Å². The number of benzene rings is 2. The van der Waals surface area contributed by atoms with Gasteiger partial charge >= 0.3 is 24.3 Å². The van der Waals surface area contributed by atoms with Gasteiger partial charge in [-0.25, -0.2) is 19.9 Å². The lowest BCUT2D eigenvalue weighted by atomic mass is 9.84.